The molecule has 2 rings (SSSR count). The Labute approximate surface area is 174 Å². The minimum absolute atomic E-state index is 0. The van der Waals surface area contributed by atoms with Crippen LogP contribution in [0.2, 0.25) is 0 Å². The molecule has 5 heteroatoms. The van der Waals surface area contributed by atoms with E-state index in [9.17, 15) is 0 Å². The van der Waals surface area contributed by atoms with Gasteiger partial charge in [0, 0.05) is 0 Å². The van der Waals surface area contributed by atoms with E-state index in [1.807, 2.05) is 24.3 Å². The van der Waals surface area contributed by atoms with Crippen LogP contribution in [0.3, 0.4) is 0 Å². The summed E-state index contributed by atoms with van der Waals surface area (Å²) in [4.78, 5) is 2.03. The summed E-state index contributed by atoms with van der Waals surface area (Å²) < 4.78 is 0. The molecule has 0 bridgehead atoms. The van der Waals surface area contributed by atoms with E-state index in [2.05, 4.69) is 38.1 Å². The molecule has 0 saturated heterocycles. The van der Waals surface area contributed by atoms with Gasteiger partial charge in [-0.05, 0) is 25.7 Å². The molecule has 0 aliphatic carbocycles. The second-order valence-electron chi connectivity index (χ2n) is 5.42. The predicted octanol–water partition coefficient (Wildman–Crippen LogP) is 4.22. The van der Waals surface area contributed by atoms with E-state index >= 15 is 0 Å². The Hall–Kier alpha value is -0.694. The summed E-state index contributed by atoms with van der Waals surface area (Å²) >= 11 is 10.3. The van der Waals surface area contributed by atoms with Crippen molar-refractivity contribution in [3.8, 4) is 0 Å². The first-order valence-corrected chi connectivity index (χ1v) is 9.00. The molecule has 0 spiro atoms. The fourth-order valence-corrected chi connectivity index (χ4v) is 2.65. The normalized spacial score (nSPS) is 8.72. The molecule has 0 atom stereocenters. The molecule has 0 heterocycles. The first-order valence-electron chi connectivity index (χ1n) is 8.18. The number of benzene rings is 2. The molecule has 2 aromatic rings. The number of aryl methyl sites for hydroxylation is 2. The second kappa shape index (κ2) is 18.1. The molecule has 0 aliphatic rings. The Balaban J connectivity index is -0.000000346. The Morgan fingerprint density at radius 2 is 0.960 bits per heavy atom. The topological polar surface area (TPSA) is 63.0 Å². The summed E-state index contributed by atoms with van der Waals surface area (Å²) in [5, 5.41) is 0. The van der Waals surface area contributed by atoms with Gasteiger partial charge in [-0.1, -0.05) is 86.3 Å². The van der Waals surface area contributed by atoms with E-state index in [0.29, 0.717) is 0 Å². The van der Waals surface area contributed by atoms with Gasteiger partial charge in [-0.2, -0.15) is 9.79 Å². The summed E-state index contributed by atoms with van der Waals surface area (Å²) in [5.74, 6) is 0. The number of hydrogen-bond acceptors (Lipinski definition) is 2. The Bertz CT molecular complexity index is 501. The van der Waals surface area contributed by atoms with E-state index < -0.39 is 0 Å². The summed E-state index contributed by atoms with van der Waals surface area (Å²) in [7, 11) is 0. The van der Waals surface area contributed by atoms with Crippen LogP contribution in [-0.2, 0) is 54.9 Å². The van der Waals surface area contributed by atoms with Crippen LogP contribution < -0.4 is 0 Å². The maximum absolute atomic E-state index is 5.17. The number of hydrogen-bond donors (Lipinski definition) is 0. The average molecular weight is 426 g/mol. The molecule has 2 aromatic carbocycles. The van der Waals surface area contributed by atoms with E-state index in [-0.39, 0.29) is 27.7 Å². The monoisotopic (exact) mass is 425 g/mol. The predicted molar refractivity (Wildman–Crippen MR) is 109 cm³/mol. The van der Waals surface area contributed by atoms with Crippen LogP contribution in [0.25, 0.3) is 0 Å². The van der Waals surface area contributed by atoms with Crippen LogP contribution in [0.15, 0.2) is 58.3 Å². The van der Waals surface area contributed by atoms with Crippen molar-refractivity contribution in [2.24, 2.45) is 0 Å². The minimum atomic E-state index is 0. The van der Waals surface area contributed by atoms with Crippen molar-refractivity contribution in [2.75, 3.05) is 0 Å². The third kappa shape index (κ3) is 12.3. The van der Waals surface area contributed by atoms with E-state index in [1.165, 1.54) is 36.8 Å². The molecule has 0 aliphatic heterocycles. The summed E-state index contributed by atoms with van der Waals surface area (Å²) in [5.41, 5.74) is 2.65. The molecule has 0 fully saturated rings. The van der Waals surface area contributed by atoms with Crippen molar-refractivity contribution in [1.29, 1.82) is 0 Å². The van der Waals surface area contributed by atoms with Gasteiger partial charge in [0.15, 0.2) is 0 Å². The molecule has 2 nitrogen and oxygen atoms in total. The fraction of sp³-hybridized carbons (Fsp3) is 0.400. The smallest absolute Gasteiger partial charge is 0.779 e. The van der Waals surface area contributed by atoms with Crippen molar-refractivity contribution < 1.29 is 27.7 Å². The third-order valence-electron chi connectivity index (χ3n) is 3.54. The molecule has 0 saturated carbocycles. The quantitative estimate of drug-likeness (QED) is 0.651. The molecular formula is C20H30CoO2S2. The van der Waals surface area contributed by atoms with Crippen molar-refractivity contribution >= 4 is 25.3 Å². The Morgan fingerprint density at radius 1 is 0.640 bits per heavy atom. The van der Waals surface area contributed by atoms with Crippen LogP contribution >= 0.6 is 0 Å². The van der Waals surface area contributed by atoms with Crippen LogP contribution in [0.5, 0.6) is 0 Å². The number of unbranched alkanes of at least 4 members (excludes halogenated alkanes) is 2. The molecule has 1 radical (unpaired) electrons. The molecule has 143 valence electrons. The van der Waals surface area contributed by atoms with Gasteiger partial charge in [-0.25, -0.2) is 0 Å². The zero-order valence-corrected chi connectivity index (χ0v) is 17.7. The largest absolute Gasteiger partial charge is 2.00 e. The van der Waals surface area contributed by atoms with Gasteiger partial charge in [-0.3, -0.25) is 0 Å². The summed E-state index contributed by atoms with van der Waals surface area (Å²) in [6, 6.07) is 16.4. The maximum atomic E-state index is 5.17. The van der Waals surface area contributed by atoms with Gasteiger partial charge in [0.05, 0.1) is 0 Å². The van der Waals surface area contributed by atoms with Crippen LogP contribution in [-0.4, -0.2) is 11.0 Å². The zero-order valence-electron chi connectivity index (χ0n) is 15.0. The zero-order chi connectivity index (χ0) is 16.2. The van der Waals surface area contributed by atoms with Gasteiger partial charge < -0.3 is 36.2 Å². The minimum Gasteiger partial charge on any atom is -0.779 e. The SMILES string of the molecule is CCCCc1ccccc1[S-].CCCCc1ccccc1[S-].O.O.[Co+2]. The summed E-state index contributed by atoms with van der Waals surface area (Å²) in [6.07, 6.45) is 7.24. The third-order valence-corrected chi connectivity index (χ3v) is 4.34. The molecule has 25 heavy (non-hydrogen) atoms. The van der Waals surface area contributed by atoms with E-state index in [4.69, 9.17) is 25.3 Å². The maximum Gasteiger partial charge on any atom is 2.00 e. The number of rotatable bonds is 6. The summed E-state index contributed by atoms with van der Waals surface area (Å²) in [6.45, 7) is 4.40. The van der Waals surface area contributed by atoms with Crippen molar-refractivity contribution in [3.63, 3.8) is 0 Å². The van der Waals surface area contributed by atoms with E-state index in [1.54, 1.807) is 0 Å². The Morgan fingerprint density at radius 3 is 1.24 bits per heavy atom. The van der Waals surface area contributed by atoms with E-state index in [0.717, 1.165) is 22.6 Å². The first-order chi connectivity index (χ1) is 10.7. The molecule has 0 amide bonds. The van der Waals surface area contributed by atoms with Crippen LogP contribution in [0.4, 0.5) is 0 Å². The molecule has 0 unspecified atom stereocenters. The van der Waals surface area contributed by atoms with Gasteiger partial charge in [0.25, 0.3) is 0 Å². The molecule has 4 N–H and O–H groups in total. The molecule has 0 aromatic heterocycles. The first kappa shape index (κ1) is 29.1. The van der Waals surface area contributed by atoms with Crippen LogP contribution in [0, 0.1) is 0 Å². The second-order valence-corrected chi connectivity index (χ2v) is 6.30. The van der Waals surface area contributed by atoms with Crippen molar-refractivity contribution in [3.05, 3.63) is 59.7 Å². The molecular weight excluding hydrogens is 395 g/mol. The van der Waals surface area contributed by atoms with Crippen LogP contribution in [0.1, 0.15) is 50.7 Å². The standard InChI is InChI=1S/2C10H14S.Co.2H2O/c2*1-2-3-6-9-7-4-5-8-10(9)11;;;/h2*4-5,7-8,11H,2-3,6H2,1H3;;2*1H2/q;;+2;;/p-2. The van der Waals surface area contributed by atoms with Gasteiger partial charge >= 0.3 is 16.8 Å². The van der Waals surface area contributed by atoms with Gasteiger partial charge in [-0.15, -0.1) is 0 Å². The van der Waals surface area contributed by atoms with Crippen molar-refractivity contribution in [1.82, 2.24) is 0 Å². The Kier molecular flexibility index (Phi) is 21.1. The van der Waals surface area contributed by atoms with Gasteiger partial charge in [0.2, 0.25) is 0 Å². The van der Waals surface area contributed by atoms with Gasteiger partial charge in [0.1, 0.15) is 0 Å². The average Bonchev–Trinajstić information content (AvgIpc) is 2.54. The van der Waals surface area contributed by atoms with Crippen molar-refractivity contribution in [2.45, 2.75) is 62.2 Å². The fourth-order valence-electron chi connectivity index (χ4n) is 2.16.